The van der Waals surface area contributed by atoms with Gasteiger partial charge in [-0.15, -0.1) is 0 Å². The van der Waals surface area contributed by atoms with Gasteiger partial charge in [0.25, 0.3) is 5.91 Å². The number of fused-ring (bicyclic) bond motifs is 2. The molecule has 284 valence electrons. The molecule has 0 atom stereocenters. The van der Waals surface area contributed by atoms with Crippen molar-refractivity contribution in [2.45, 2.75) is 90.4 Å². The third kappa shape index (κ3) is 8.08. The maximum Gasteiger partial charge on any atom is 0.258 e. The summed E-state index contributed by atoms with van der Waals surface area (Å²) in [4.78, 5) is 18.4. The van der Waals surface area contributed by atoms with Crippen molar-refractivity contribution in [2.75, 3.05) is 30.8 Å². The van der Waals surface area contributed by atoms with Gasteiger partial charge in [-0.3, -0.25) is 9.83 Å². The molecule has 2 heterocycles. The molecule has 0 bridgehead atoms. The number of rotatable bonds is 16. The van der Waals surface area contributed by atoms with Crippen molar-refractivity contribution in [3.05, 3.63) is 142 Å². The highest BCUT2D eigenvalue weighted by atomic mass is 32.2. The normalized spacial score (nSPS) is 18.8. The van der Waals surface area contributed by atoms with Gasteiger partial charge in [0.2, 0.25) is 5.69 Å². The molecule has 2 aliphatic heterocycles. The second-order valence-electron chi connectivity index (χ2n) is 15.5. The summed E-state index contributed by atoms with van der Waals surface area (Å²) in [7, 11) is 1.92. The minimum Gasteiger partial charge on any atom is -0.691 e. The Morgan fingerprint density at radius 1 is 0.870 bits per heavy atom. The molecule has 0 N–H and O–H groups in total. The van der Waals surface area contributed by atoms with Crippen LogP contribution in [0, 0.1) is 0 Å². The molecule has 3 aliphatic rings. The Hall–Kier alpha value is -4.21. The van der Waals surface area contributed by atoms with Crippen LogP contribution >= 0.6 is 12.0 Å². The predicted octanol–water partition coefficient (Wildman–Crippen LogP) is 9.89. The molecule has 0 spiro atoms. The van der Waals surface area contributed by atoms with Crippen molar-refractivity contribution in [1.82, 2.24) is 4.90 Å². The van der Waals surface area contributed by atoms with Crippen molar-refractivity contribution >= 4 is 35.0 Å². The monoisotopic (exact) mass is 745 g/mol. The van der Waals surface area contributed by atoms with Crippen LogP contribution in [0.1, 0.15) is 101 Å². The molecule has 3 aromatic rings. The largest absolute Gasteiger partial charge is 0.691 e. The summed E-state index contributed by atoms with van der Waals surface area (Å²) in [6.07, 6.45) is 16.2. The van der Waals surface area contributed by atoms with Crippen LogP contribution in [0.2, 0.25) is 0 Å². The molecule has 1 amide bonds. The highest BCUT2D eigenvalue weighted by molar-refractivity contribution is 7.94. The van der Waals surface area contributed by atoms with Crippen LogP contribution in [0.25, 0.3) is 0 Å². The number of hydrogen-bond donors (Lipinski definition) is 0. The average Bonchev–Trinajstić information content (AvgIpc) is 3.76. The fraction of sp³-hybridized carbons (Fsp3) is 0.391. The quantitative estimate of drug-likeness (QED) is 0.0478. The zero-order valence-corrected chi connectivity index (χ0v) is 33.6. The van der Waals surface area contributed by atoms with E-state index in [-0.39, 0.29) is 16.7 Å². The van der Waals surface area contributed by atoms with Crippen molar-refractivity contribution in [3.63, 3.8) is 0 Å². The van der Waals surface area contributed by atoms with Crippen LogP contribution in [0.3, 0.4) is 0 Å². The Kier molecular flexibility index (Phi) is 12.8. The molecular weight excluding hydrogens is 691 g/mol. The molecular formula is C46H55N3O4S. The van der Waals surface area contributed by atoms with Crippen LogP contribution in [-0.2, 0) is 20.2 Å². The Morgan fingerprint density at radius 2 is 1.59 bits per heavy atom. The van der Waals surface area contributed by atoms with E-state index < -0.39 is 0 Å². The molecule has 0 saturated heterocycles. The minimum absolute atomic E-state index is 0.0149. The number of nitrogens with zero attached hydrogens (tertiary/aromatic N) is 3. The topological polar surface area (TPSA) is 68.1 Å². The molecule has 0 saturated carbocycles. The highest BCUT2D eigenvalue weighted by Gasteiger charge is 2.44. The summed E-state index contributed by atoms with van der Waals surface area (Å²) in [5, 5.41) is 13.7. The summed E-state index contributed by atoms with van der Waals surface area (Å²) in [6, 6.07) is 27.1. The smallest absolute Gasteiger partial charge is 0.258 e. The number of para-hydroxylation sites is 2. The number of carbonyl (C=O) groups is 1. The maximum absolute atomic E-state index is 14.1. The van der Waals surface area contributed by atoms with Gasteiger partial charge < -0.3 is 15.1 Å². The van der Waals surface area contributed by atoms with Gasteiger partial charge >= 0.3 is 0 Å². The van der Waals surface area contributed by atoms with Crippen LogP contribution in [0.5, 0.6) is 0 Å². The number of carbonyl (C=O) groups excluding carboxylic acids is 1. The molecule has 54 heavy (non-hydrogen) atoms. The summed E-state index contributed by atoms with van der Waals surface area (Å²) >= 11 is 1.04. The van der Waals surface area contributed by atoms with Gasteiger partial charge in [0.1, 0.15) is 6.54 Å². The summed E-state index contributed by atoms with van der Waals surface area (Å²) < 4.78 is 7.00. The zero-order valence-electron chi connectivity index (χ0n) is 32.8. The summed E-state index contributed by atoms with van der Waals surface area (Å²) in [5.41, 5.74) is 11.4. The first-order valence-electron chi connectivity index (χ1n) is 19.5. The fourth-order valence-corrected chi connectivity index (χ4v) is 8.90. The van der Waals surface area contributed by atoms with E-state index in [0.29, 0.717) is 11.3 Å². The Balaban J connectivity index is 1.39. The van der Waals surface area contributed by atoms with Crippen LogP contribution < -0.4 is 10.2 Å². The third-order valence-electron chi connectivity index (χ3n) is 11.3. The lowest BCUT2D eigenvalue weighted by atomic mass is 9.81. The highest BCUT2D eigenvalue weighted by Crippen LogP contribution is 2.48. The maximum atomic E-state index is 14.1. The lowest BCUT2D eigenvalue weighted by Crippen LogP contribution is -2.28. The molecule has 0 unspecified atom stereocenters. The fourth-order valence-electron chi connectivity index (χ4n) is 8.47. The lowest BCUT2D eigenvalue weighted by Gasteiger charge is -2.27. The molecule has 0 fully saturated rings. The third-order valence-corrected chi connectivity index (χ3v) is 11.9. The van der Waals surface area contributed by atoms with Crippen molar-refractivity contribution < 1.29 is 24.0 Å². The van der Waals surface area contributed by atoms with Gasteiger partial charge in [0, 0.05) is 77.9 Å². The number of allylic oxidation sites excluding steroid dienone is 7. The van der Waals surface area contributed by atoms with Gasteiger partial charge in [-0.2, -0.15) is 8.91 Å². The van der Waals surface area contributed by atoms with Gasteiger partial charge in [-0.05, 0) is 86.9 Å². The molecule has 3 aromatic carbocycles. The first-order chi connectivity index (χ1) is 26.1. The minimum atomic E-state index is -0.209. The van der Waals surface area contributed by atoms with Gasteiger partial charge in [-0.1, -0.05) is 93.9 Å². The van der Waals surface area contributed by atoms with Crippen LogP contribution in [0.4, 0.5) is 11.4 Å². The zero-order chi connectivity index (χ0) is 38.3. The van der Waals surface area contributed by atoms with E-state index in [2.05, 4.69) is 126 Å². The molecule has 0 aromatic heterocycles. The molecule has 1 aliphatic carbocycles. The summed E-state index contributed by atoms with van der Waals surface area (Å²) in [5.74, 6) is 0.661. The van der Waals surface area contributed by atoms with E-state index in [1.807, 2.05) is 42.3 Å². The lowest BCUT2D eigenvalue weighted by molar-refractivity contribution is -0.777. The van der Waals surface area contributed by atoms with Crippen molar-refractivity contribution in [2.24, 2.45) is 0 Å². The van der Waals surface area contributed by atoms with E-state index in [9.17, 15) is 10.1 Å². The second kappa shape index (κ2) is 17.5. The molecule has 6 rings (SSSR count). The second-order valence-corrected chi connectivity index (χ2v) is 16.3. The van der Waals surface area contributed by atoms with Crippen molar-refractivity contribution in [3.8, 4) is 0 Å². The Labute approximate surface area is 326 Å². The number of likely N-dealkylation sites (N-methyl/N-ethyl adjacent to an activating group) is 1. The molecule has 8 heteroatoms. The first-order valence-corrected chi connectivity index (χ1v) is 20.4. The van der Waals surface area contributed by atoms with Gasteiger partial charge in [-0.25, -0.2) is 0 Å². The number of hydrogen-bond acceptors (Lipinski definition) is 6. The first kappa shape index (κ1) is 39.5. The number of amides is 1. The van der Waals surface area contributed by atoms with Crippen LogP contribution in [0.15, 0.2) is 126 Å². The Morgan fingerprint density at radius 3 is 2.35 bits per heavy atom. The van der Waals surface area contributed by atoms with E-state index >= 15 is 0 Å². The standard InChI is InChI=1S/C46H55N3O4S/c1-7-8-16-31-48-39-23-14-12-21-37(39)45(2,3)41(48)29-27-34-25-26-35(43(34)47(6)44(50)36-19-10-9-11-20-36)28-30-42-46(4,5)38-22-13-15-24-40(38)49(42)32-17-18-33-54-53-52-51/h9-15,19-24,27-30H,7-8,16-18,25-26,31-33H2,1-6H3. The van der Waals surface area contributed by atoms with Gasteiger partial charge in [0.15, 0.2) is 5.71 Å². The van der Waals surface area contributed by atoms with E-state index in [1.165, 1.54) is 52.3 Å². The predicted molar refractivity (Wildman–Crippen MR) is 220 cm³/mol. The van der Waals surface area contributed by atoms with Gasteiger partial charge in [0.05, 0.1) is 11.1 Å². The SMILES string of the molecule is CCCCC[N+]1=C(C=CC2=C(N(C)C(=O)c3ccccc3)C(=CC=C3N(CCCCSOO[O-])c4ccccc4C3(C)C)CC2)C(C)(C)c2ccccc21. The van der Waals surface area contributed by atoms with Crippen molar-refractivity contribution in [1.29, 1.82) is 0 Å². The van der Waals surface area contributed by atoms with Crippen LogP contribution in [-0.4, -0.2) is 47.0 Å². The van der Waals surface area contributed by atoms with E-state index in [4.69, 9.17) is 0 Å². The molecule has 0 radical (unpaired) electrons. The molecule has 7 nitrogen and oxygen atoms in total. The Bertz CT molecular complexity index is 1970. The van der Waals surface area contributed by atoms with E-state index in [0.717, 1.165) is 68.5 Å². The number of unbranched alkanes of at least 4 members (excludes halogenated alkanes) is 3. The number of benzene rings is 3. The van der Waals surface area contributed by atoms with E-state index in [1.54, 1.807) is 0 Å². The number of anilines is 1. The average molecular weight is 746 g/mol. The summed E-state index contributed by atoms with van der Waals surface area (Å²) in [6.45, 7) is 13.3.